The molecule has 1 aliphatic carbocycles. The van der Waals surface area contributed by atoms with Crippen LogP contribution < -0.4 is 16.0 Å². The van der Waals surface area contributed by atoms with E-state index in [2.05, 4.69) is 16.0 Å². The van der Waals surface area contributed by atoms with Crippen LogP contribution in [0.15, 0.2) is 48.5 Å². The van der Waals surface area contributed by atoms with E-state index in [0.717, 1.165) is 12.8 Å². The van der Waals surface area contributed by atoms with E-state index in [0.29, 0.717) is 16.8 Å². The summed E-state index contributed by atoms with van der Waals surface area (Å²) in [6, 6.07) is 12.8. The van der Waals surface area contributed by atoms with Gasteiger partial charge in [0.15, 0.2) is 0 Å². The summed E-state index contributed by atoms with van der Waals surface area (Å²) in [5.41, 5.74) is 1.41. The van der Waals surface area contributed by atoms with Crippen molar-refractivity contribution in [2.75, 3.05) is 5.32 Å². The Kier molecular flexibility index (Phi) is 4.74. The molecule has 2 aromatic rings. The topological polar surface area (TPSA) is 70.2 Å². The third-order valence-corrected chi connectivity index (χ3v) is 3.69. The fourth-order valence-corrected chi connectivity index (χ4v) is 2.23. The van der Waals surface area contributed by atoms with Gasteiger partial charge in [-0.15, -0.1) is 0 Å². The molecule has 0 radical (unpaired) electrons. The van der Waals surface area contributed by atoms with E-state index in [4.69, 9.17) is 0 Å². The molecule has 1 saturated carbocycles. The maximum atomic E-state index is 13.5. The highest BCUT2D eigenvalue weighted by atomic mass is 19.1. The van der Waals surface area contributed by atoms with Gasteiger partial charge in [0, 0.05) is 29.4 Å². The average Bonchev–Trinajstić information content (AvgIpc) is 3.38. The van der Waals surface area contributed by atoms with Crippen LogP contribution in [0.4, 0.5) is 14.9 Å². The molecule has 1 aliphatic rings. The average molecular weight is 327 g/mol. The number of halogens is 1. The molecule has 0 spiro atoms. The van der Waals surface area contributed by atoms with E-state index in [-0.39, 0.29) is 24.3 Å². The maximum Gasteiger partial charge on any atom is 0.319 e. The molecular weight excluding hydrogens is 309 g/mol. The number of amides is 3. The Morgan fingerprint density at radius 2 is 1.88 bits per heavy atom. The number of anilines is 1. The zero-order valence-corrected chi connectivity index (χ0v) is 13.0. The van der Waals surface area contributed by atoms with Crippen LogP contribution in [-0.4, -0.2) is 18.0 Å². The SMILES string of the molecule is O=C(NCc1ccccc1F)Nc1cccc(C(=O)NC2CC2)c1. The van der Waals surface area contributed by atoms with Crippen molar-refractivity contribution in [1.82, 2.24) is 10.6 Å². The number of hydrogen-bond donors (Lipinski definition) is 3. The van der Waals surface area contributed by atoms with Crippen molar-refractivity contribution in [2.24, 2.45) is 0 Å². The quantitative estimate of drug-likeness (QED) is 0.790. The van der Waals surface area contributed by atoms with E-state index < -0.39 is 6.03 Å². The minimum absolute atomic E-state index is 0.0837. The van der Waals surface area contributed by atoms with E-state index in [1.165, 1.54) is 6.07 Å². The van der Waals surface area contributed by atoms with Gasteiger partial charge in [0.1, 0.15) is 5.82 Å². The van der Waals surface area contributed by atoms with Crippen molar-refractivity contribution in [1.29, 1.82) is 0 Å². The van der Waals surface area contributed by atoms with E-state index in [1.807, 2.05) is 0 Å². The summed E-state index contributed by atoms with van der Waals surface area (Å²) in [6.07, 6.45) is 2.03. The van der Waals surface area contributed by atoms with Crippen molar-refractivity contribution in [3.63, 3.8) is 0 Å². The normalized spacial score (nSPS) is 13.2. The molecule has 5 nitrogen and oxygen atoms in total. The first kappa shape index (κ1) is 16.0. The summed E-state index contributed by atoms with van der Waals surface area (Å²) < 4.78 is 13.5. The third-order valence-electron chi connectivity index (χ3n) is 3.69. The predicted octanol–water partition coefficient (Wildman–Crippen LogP) is 3.04. The maximum absolute atomic E-state index is 13.5. The standard InChI is InChI=1S/C18H18FN3O2/c19-16-7-2-1-4-13(16)11-20-18(24)22-15-6-3-5-12(10-15)17(23)21-14-8-9-14/h1-7,10,14H,8-9,11H2,(H,21,23)(H2,20,22,24). The summed E-state index contributed by atoms with van der Waals surface area (Å²) in [5, 5.41) is 8.13. The van der Waals surface area contributed by atoms with Crippen molar-refractivity contribution in [2.45, 2.75) is 25.4 Å². The van der Waals surface area contributed by atoms with Gasteiger partial charge < -0.3 is 16.0 Å². The van der Waals surface area contributed by atoms with Crippen LogP contribution in [0, 0.1) is 5.82 Å². The molecule has 0 atom stereocenters. The second-order valence-corrected chi connectivity index (χ2v) is 5.73. The summed E-state index contributed by atoms with van der Waals surface area (Å²) in [5.74, 6) is -0.510. The van der Waals surface area contributed by atoms with E-state index >= 15 is 0 Å². The molecule has 0 aliphatic heterocycles. The second kappa shape index (κ2) is 7.12. The number of carbonyl (C=O) groups is 2. The lowest BCUT2D eigenvalue weighted by Crippen LogP contribution is -2.29. The van der Waals surface area contributed by atoms with Gasteiger partial charge >= 0.3 is 6.03 Å². The molecule has 124 valence electrons. The monoisotopic (exact) mass is 327 g/mol. The van der Waals surface area contributed by atoms with Gasteiger partial charge in [-0.2, -0.15) is 0 Å². The number of hydrogen-bond acceptors (Lipinski definition) is 2. The highest BCUT2D eigenvalue weighted by molar-refractivity contribution is 5.97. The van der Waals surface area contributed by atoms with Crippen molar-refractivity contribution in [3.05, 3.63) is 65.5 Å². The molecule has 2 aromatic carbocycles. The van der Waals surface area contributed by atoms with Crippen molar-refractivity contribution < 1.29 is 14.0 Å². The number of urea groups is 1. The Labute approximate surface area is 139 Å². The first-order chi connectivity index (χ1) is 11.6. The summed E-state index contributed by atoms with van der Waals surface area (Å²) in [7, 11) is 0. The number of rotatable bonds is 5. The molecule has 0 unspecified atom stereocenters. The van der Waals surface area contributed by atoms with Crippen molar-refractivity contribution >= 4 is 17.6 Å². The molecule has 3 amide bonds. The van der Waals surface area contributed by atoms with Gasteiger partial charge in [-0.25, -0.2) is 9.18 Å². The van der Waals surface area contributed by atoms with Gasteiger partial charge in [0.05, 0.1) is 0 Å². The van der Waals surface area contributed by atoms with Crippen LogP contribution in [0.3, 0.4) is 0 Å². The molecule has 0 heterocycles. The minimum Gasteiger partial charge on any atom is -0.349 e. The molecular formula is C18H18FN3O2. The predicted molar refractivity (Wildman–Crippen MR) is 89.2 cm³/mol. The second-order valence-electron chi connectivity index (χ2n) is 5.73. The Balaban J connectivity index is 1.56. The lowest BCUT2D eigenvalue weighted by Gasteiger charge is -2.10. The summed E-state index contributed by atoms with van der Waals surface area (Å²) in [4.78, 5) is 23.9. The van der Waals surface area contributed by atoms with E-state index in [1.54, 1.807) is 42.5 Å². The number of benzene rings is 2. The van der Waals surface area contributed by atoms with E-state index in [9.17, 15) is 14.0 Å². The van der Waals surface area contributed by atoms with Crippen LogP contribution in [-0.2, 0) is 6.54 Å². The molecule has 6 heteroatoms. The molecule has 24 heavy (non-hydrogen) atoms. The van der Waals surface area contributed by atoms with Crippen LogP contribution >= 0.6 is 0 Å². The fraction of sp³-hybridized carbons (Fsp3) is 0.222. The van der Waals surface area contributed by atoms with Gasteiger partial charge in [0.2, 0.25) is 0 Å². The first-order valence-corrected chi connectivity index (χ1v) is 7.81. The van der Waals surface area contributed by atoms with Crippen LogP contribution in [0.25, 0.3) is 0 Å². The van der Waals surface area contributed by atoms with Crippen LogP contribution in [0.2, 0.25) is 0 Å². The Morgan fingerprint density at radius 3 is 2.62 bits per heavy atom. The van der Waals surface area contributed by atoms with Gasteiger partial charge in [-0.1, -0.05) is 24.3 Å². The molecule has 0 saturated heterocycles. The molecule has 0 aromatic heterocycles. The molecule has 3 rings (SSSR count). The Hall–Kier alpha value is -2.89. The van der Waals surface area contributed by atoms with Gasteiger partial charge in [0.25, 0.3) is 5.91 Å². The Bertz CT molecular complexity index is 759. The first-order valence-electron chi connectivity index (χ1n) is 7.81. The molecule has 1 fully saturated rings. The number of carbonyl (C=O) groups excluding carboxylic acids is 2. The van der Waals surface area contributed by atoms with Crippen LogP contribution in [0.1, 0.15) is 28.8 Å². The summed E-state index contributed by atoms with van der Waals surface area (Å²) >= 11 is 0. The molecule has 0 bridgehead atoms. The zero-order chi connectivity index (χ0) is 16.9. The number of nitrogens with one attached hydrogen (secondary N) is 3. The van der Waals surface area contributed by atoms with Gasteiger partial charge in [-0.3, -0.25) is 4.79 Å². The Morgan fingerprint density at radius 1 is 1.08 bits per heavy atom. The largest absolute Gasteiger partial charge is 0.349 e. The van der Waals surface area contributed by atoms with Crippen LogP contribution in [0.5, 0.6) is 0 Å². The fourth-order valence-electron chi connectivity index (χ4n) is 2.23. The lowest BCUT2D eigenvalue weighted by atomic mass is 10.2. The summed E-state index contributed by atoms with van der Waals surface area (Å²) in [6.45, 7) is 0.0837. The zero-order valence-electron chi connectivity index (χ0n) is 13.0. The van der Waals surface area contributed by atoms with Gasteiger partial charge in [-0.05, 0) is 37.1 Å². The smallest absolute Gasteiger partial charge is 0.319 e. The highest BCUT2D eigenvalue weighted by Crippen LogP contribution is 2.20. The molecule has 3 N–H and O–H groups in total. The van der Waals surface area contributed by atoms with Crippen molar-refractivity contribution in [3.8, 4) is 0 Å². The lowest BCUT2D eigenvalue weighted by molar-refractivity contribution is 0.0951. The highest BCUT2D eigenvalue weighted by Gasteiger charge is 2.23. The third kappa shape index (κ3) is 4.32. The minimum atomic E-state index is -0.460.